The maximum Gasteiger partial charge on any atom is 0.0487 e. The fraction of sp³-hybridized carbons (Fsp3) is 0.778. The molecule has 11 heavy (non-hydrogen) atoms. The summed E-state index contributed by atoms with van der Waals surface area (Å²) in [5.41, 5.74) is 0. The molecule has 0 spiro atoms. The Labute approximate surface area is 73.4 Å². The van der Waals surface area contributed by atoms with Gasteiger partial charge in [-0.1, -0.05) is 12.2 Å². The second kappa shape index (κ2) is 4.78. The van der Waals surface area contributed by atoms with E-state index >= 15 is 0 Å². The number of ether oxygens (including phenoxy) is 1. The highest BCUT2D eigenvalue weighted by atomic mass is 35.5. The minimum absolute atomic E-state index is 0.165. The molecule has 1 nitrogen and oxygen atoms in total. The summed E-state index contributed by atoms with van der Waals surface area (Å²) in [4.78, 5) is 0. The van der Waals surface area contributed by atoms with Crippen molar-refractivity contribution in [2.24, 2.45) is 5.92 Å². The largest absolute Gasteiger partial charge is 0.381 e. The maximum absolute atomic E-state index is 5.78. The van der Waals surface area contributed by atoms with Gasteiger partial charge in [0.05, 0.1) is 0 Å². The first-order valence-corrected chi connectivity index (χ1v) is 4.63. The summed E-state index contributed by atoms with van der Waals surface area (Å²) < 4.78 is 5.24. The third-order valence-corrected chi connectivity index (χ3v) is 2.06. The fourth-order valence-electron chi connectivity index (χ4n) is 1.22. The van der Waals surface area contributed by atoms with E-state index in [1.54, 1.807) is 0 Å². The van der Waals surface area contributed by atoms with Crippen molar-refractivity contribution in [3.8, 4) is 0 Å². The predicted octanol–water partition coefficient (Wildman–Crippen LogP) is 2.60. The van der Waals surface area contributed by atoms with E-state index in [4.69, 9.17) is 16.3 Å². The molecule has 1 aliphatic heterocycles. The Kier molecular flexibility index (Phi) is 3.95. The lowest BCUT2D eigenvalue weighted by Gasteiger charge is -2.18. The number of rotatable bonds is 2. The van der Waals surface area contributed by atoms with Crippen LogP contribution in [0.4, 0.5) is 0 Å². The molecule has 2 heteroatoms. The molecule has 0 radical (unpaired) electrons. The van der Waals surface area contributed by atoms with E-state index in [-0.39, 0.29) is 5.38 Å². The molecule has 1 atom stereocenters. The van der Waals surface area contributed by atoms with Crippen LogP contribution in [0.25, 0.3) is 0 Å². The van der Waals surface area contributed by atoms with Crippen LogP contribution in [0, 0.1) is 5.92 Å². The molecular weight excluding hydrogens is 160 g/mol. The van der Waals surface area contributed by atoms with Gasteiger partial charge in [-0.05, 0) is 25.7 Å². The van der Waals surface area contributed by atoms with Crippen LogP contribution in [0.5, 0.6) is 0 Å². The molecule has 1 heterocycles. The van der Waals surface area contributed by atoms with Crippen LogP contribution in [-0.2, 0) is 4.74 Å². The molecule has 0 N–H and O–H groups in total. The number of hydrogen-bond acceptors (Lipinski definition) is 1. The molecule has 0 bridgehead atoms. The Morgan fingerprint density at radius 1 is 1.45 bits per heavy atom. The molecule has 1 rings (SSSR count). The highest BCUT2D eigenvalue weighted by Gasteiger charge is 2.09. The fourth-order valence-corrected chi connectivity index (χ4v) is 1.30. The van der Waals surface area contributed by atoms with Crippen LogP contribution >= 0.6 is 11.6 Å². The first-order chi connectivity index (χ1) is 5.29. The molecule has 1 aliphatic rings. The van der Waals surface area contributed by atoms with Gasteiger partial charge < -0.3 is 4.74 Å². The molecule has 1 fully saturated rings. The van der Waals surface area contributed by atoms with Crippen LogP contribution in [0.1, 0.15) is 19.8 Å². The van der Waals surface area contributed by atoms with Crippen molar-refractivity contribution in [1.29, 1.82) is 0 Å². The smallest absolute Gasteiger partial charge is 0.0487 e. The lowest BCUT2D eigenvalue weighted by molar-refractivity contribution is 0.0785. The molecule has 1 unspecified atom stereocenters. The van der Waals surface area contributed by atoms with Gasteiger partial charge in [-0.3, -0.25) is 0 Å². The first kappa shape index (κ1) is 9.08. The average Bonchev–Trinajstić information content (AvgIpc) is 2.03. The summed E-state index contributed by atoms with van der Waals surface area (Å²) in [6.45, 7) is 3.80. The zero-order chi connectivity index (χ0) is 8.10. The van der Waals surface area contributed by atoms with Crippen molar-refractivity contribution in [2.75, 3.05) is 13.2 Å². The number of allylic oxidation sites excluding steroid dienone is 2. The van der Waals surface area contributed by atoms with E-state index < -0.39 is 0 Å². The quantitative estimate of drug-likeness (QED) is 0.462. The summed E-state index contributed by atoms with van der Waals surface area (Å²) in [7, 11) is 0. The zero-order valence-corrected chi connectivity index (χ0v) is 7.68. The number of alkyl halides is 1. The summed E-state index contributed by atoms with van der Waals surface area (Å²) in [6, 6.07) is 0. The van der Waals surface area contributed by atoms with Crippen LogP contribution < -0.4 is 0 Å². The maximum atomic E-state index is 5.78. The van der Waals surface area contributed by atoms with Gasteiger partial charge in [0.15, 0.2) is 0 Å². The number of hydrogen-bond donors (Lipinski definition) is 0. The van der Waals surface area contributed by atoms with Gasteiger partial charge in [-0.25, -0.2) is 0 Å². The number of halogens is 1. The van der Waals surface area contributed by atoms with Crippen molar-refractivity contribution in [1.82, 2.24) is 0 Å². The molecule has 0 saturated carbocycles. The lowest BCUT2D eigenvalue weighted by Crippen LogP contribution is -2.13. The molecular formula is C9H15ClO. The molecule has 64 valence electrons. The molecule has 0 aromatic carbocycles. The summed E-state index contributed by atoms with van der Waals surface area (Å²) in [6.07, 6.45) is 6.60. The van der Waals surface area contributed by atoms with Gasteiger partial charge in [0.1, 0.15) is 0 Å². The topological polar surface area (TPSA) is 9.23 Å². The Bertz CT molecular complexity index is 126. The van der Waals surface area contributed by atoms with Gasteiger partial charge in [0.25, 0.3) is 0 Å². The zero-order valence-electron chi connectivity index (χ0n) is 6.92. The van der Waals surface area contributed by atoms with Crippen LogP contribution in [0.3, 0.4) is 0 Å². The van der Waals surface area contributed by atoms with Crippen molar-refractivity contribution in [3.05, 3.63) is 12.2 Å². The van der Waals surface area contributed by atoms with Gasteiger partial charge in [0, 0.05) is 18.6 Å². The summed E-state index contributed by atoms with van der Waals surface area (Å²) in [5.74, 6) is 0.699. The van der Waals surface area contributed by atoms with Crippen molar-refractivity contribution < 1.29 is 4.74 Å². The Balaban J connectivity index is 2.23. The Morgan fingerprint density at radius 3 is 2.64 bits per heavy atom. The molecule has 0 aromatic rings. The van der Waals surface area contributed by atoms with Gasteiger partial charge in [-0.2, -0.15) is 0 Å². The second-order valence-corrected chi connectivity index (χ2v) is 3.70. The average molecular weight is 175 g/mol. The van der Waals surface area contributed by atoms with Gasteiger partial charge in [0.2, 0.25) is 0 Å². The van der Waals surface area contributed by atoms with Crippen LogP contribution in [0.2, 0.25) is 0 Å². The highest BCUT2D eigenvalue weighted by molar-refractivity contribution is 6.21. The van der Waals surface area contributed by atoms with E-state index in [2.05, 4.69) is 12.2 Å². The van der Waals surface area contributed by atoms with Crippen molar-refractivity contribution in [3.63, 3.8) is 0 Å². The Morgan fingerprint density at radius 2 is 2.09 bits per heavy atom. The summed E-state index contributed by atoms with van der Waals surface area (Å²) >= 11 is 5.78. The normalized spacial score (nSPS) is 24.2. The van der Waals surface area contributed by atoms with Gasteiger partial charge >= 0.3 is 0 Å². The monoisotopic (exact) mass is 174 g/mol. The third kappa shape index (κ3) is 3.78. The SMILES string of the molecule is CC(Cl)/C=C/C1CCOCC1. The summed E-state index contributed by atoms with van der Waals surface area (Å²) in [5, 5.41) is 0.165. The van der Waals surface area contributed by atoms with Crippen LogP contribution in [-0.4, -0.2) is 18.6 Å². The van der Waals surface area contributed by atoms with Crippen molar-refractivity contribution in [2.45, 2.75) is 25.1 Å². The highest BCUT2D eigenvalue weighted by Crippen LogP contribution is 2.16. The second-order valence-electron chi connectivity index (χ2n) is 3.01. The molecule has 0 amide bonds. The standard InChI is InChI=1S/C9H15ClO/c1-8(10)2-3-9-4-6-11-7-5-9/h2-3,8-9H,4-7H2,1H3/b3-2+. The van der Waals surface area contributed by atoms with Crippen LogP contribution in [0.15, 0.2) is 12.2 Å². The van der Waals surface area contributed by atoms with E-state index in [1.165, 1.54) is 0 Å². The Hall–Kier alpha value is -0.0100. The minimum Gasteiger partial charge on any atom is -0.381 e. The predicted molar refractivity (Wildman–Crippen MR) is 48.0 cm³/mol. The lowest BCUT2D eigenvalue weighted by atomic mass is 10.00. The molecule has 0 aromatic heterocycles. The first-order valence-electron chi connectivity index (χ1n) is 4.19. The van der Waals surface area contributed by atoms with Crippen molar-refractivity contribution >= 4 is 11.6 Å². The van der Waals surface area contributed by atoms with E-state index in [0.29, 0.717) is 5.92 Å². The van der Waals surface area contributed by atoms with Gasteiger partial charge in [-0.15, -0.1) is 11.6 Å². The molecule has 1 saturated heterocycles. The molecule has 0 aliphatic carbocycles. The van der Waals surface area contributed by atoms with E-state index in [0.717, 1.165) is 26.1 Å². The van der Waals surface area contributed by atoms with E-state index in [1.807, 2.05) is 6.92 Å². The van der Waals surface area contributed by atoms with E-state index in [9.17, 15) is 0 Å². The third-order valence-electron chi connectivity index (χ3n) is 1.91. The minimum atomic E-state index is 0.165.